The maximum atomic E-state index is 8.55. The molecule has 5 N–H and O–H groups in total. The molecule has 0 aromatic carbocycles. The molecule has 0 spiro atoms. The van der Waals surface area contributed by atoms with Crippen LogP contribution in [0.15, 0.2) is 0 Å². The molecule has 0 saturated carbocycles. The molecule has 0 radical (unpaired) electrons. The summed E-state index contributed by atoms with van der Waals surface area (Å²) in [6.07, 6.45) is 8.82. The van der Waals surface area contributed by atoms with E-state index in [1.807, 2.05) is 0 Å². The van der Waals surface area contributed by atoms with Gasteiger partial charge in [0, 0.05) is 0 Å². The zero-order valence-electron chi connectivity index (χ0n) is 26.5. The van der Waals surface area contributed by atoms with Gasteiger partial charge in [0.1, 0.15) is 0 Å². The van der Waals surface area contributed by atoms with Crippen LogP contribution in [-0.2, 0) is 89.6 Å². The Balaban J connectivity index is -0.0000000361. The summed E-state index contributed by atoms with van der Waals surface area (Å²) in [6, 6.07) is 0. The van der Waals surface area contributed by atoms with Gasteiger partial charge in [0.15, 0.2) is 0 Å². The van der Waals surface area contributed by atoms with Crippen LogP contribution < -0.4 is 109 Å². The van der Waals surface area contributed by atoms with Gasteiger partial charge in [-0.3, -0.25) is 0 Å². The summed E-state index contributed by atoms with van der Waals surface area (Å²) in [6.45, 7) is 7.00. The zero-order valence-corrected chi connectivity index (χ0v) is 40.9. The van der Waals surface area contributed by atoms with Crippen molar-refractivity contribution in [2.24, 2.45) is 0 Å². The van der Waals surface area contributed by atoms with Gasteiger partial charge in [0.25, 0.3) is 0 Å². The van der Waals surface area contributed by atoms with E-state index >= 15 is 0 Å². The number of phosphoric acid groups is 7. The number of hydrogen-bond donors (Lipinski definition) is 1. The fourth-order valence-electron chi connectivity index (χ4n) is 1.25. The van der Waals surface area contributed by atoms with E-state index in [0.717, 1.165) is 0 Å². The van der Waals surface area contributed by atoms with E-state index in [-0.39, 0.29) is 52.5 Å². The van der Waals surface area contributed by atoms with Gasteiger partial charge in [-0.1, -0.05) is 0 Å². The van der Waals surface area contributed by atoms with Gasteiger partial charge in [-0.2, -0.15) is 54.8 Å². The van der Waals surface area contributed by atoms with Gasteiger partial charge in [0.2, 0.25) is 0 Å². The van der Waals surface area contributed by atoms with Gasteiger partial charge in [-0.05, 0) is 0 Å². The van der Waals surface area contributed by atoms with E-state index in [0.29, 0.717) is 0 Å². The second kappa shape index (κ2) is 46.4. The van der Waals surface area contributed by atoms with Crippen molar-refractivity contribution in [3.63, 3.8) is 0 Å². The van der Waals surface area contributed by atoms with Gasteiger partial charge >= 0.3 is 132 Å². The smallest absolute Gasteiger partial charge is 0.870 e. The van der Waals surface area contributed by atoms with E-state index in [1.165, 1.54) is 38.5 Å². The summed E-state index contributed by atoms with van der Waals surface area (Å²) in [7, 11) is -37.7. The molecule has 0 amide bonds. The second-order valence-corrected chi connectivity index (χ2v) is 21.2. The van der Waals surface area contributed by atoms with Crippen LogP contribution in [0.25, 0.3) is 0 Å². The van der Waals surface area contributed by atoms with Crippen LogP contribution in [0.2, 0.25) is 14.7 Å². The van der Waals surface area contributed by atoms with Crippen LogP contribution in [0, 0.1) is 0 Å². The number of quaternary nitrogens is 1. The largest absolute Gasteiger partial charge is 7.00 e. The summed E-state index contributed by atoms with van der Waals surface area (Å²) in [5.74, 6) is 0. The number of rotatable bonds is 9. The molecule has 30 nitrogen and oxygen atoms in total. The predicted molar refractivity (Wildman–Crippen MR) is 120 cm³/mol. The molecule has 0 fully saturated rings. The molecular formula is C12H32NO29P7Re3. The average Bonchev–Trinajstić information content (AvgIpc) is 2.64. The van der Waals surface area contributed by atoms with Crippen molar-refractivity contribution in [1.82, 2.24) is 6.15 Å². The van der Waals surface area contributed by atoms with E-state index in [1.54, 1.807) is 14.7 Å². The van der Waals surface area contributed by atoms with Crippen LogP contribution in [0.3, 0.4) is 0 Å². The maximum absolute atomic E-state index is 8.55. The molecule has 0 bridgehead atoms. The first kappa shape index (κ1) is 86.5. The Morgan fingerprint density at radius 2 is 0.404 bits per heavy atom. The zero-order chi connectivity index (χ0) is 41.4. The summed E-state index contributed by atoms with van der Waals surface area (Å²) >= 11 is -0.729. The first-order valence-corrected chi connectivity index (χ1v) is 27.0. The van der Waals surface area contributed by atoms with Gasteiger partial charge < -0.3 is 146 Å². The fourth-order valence-corrected chi connectivity index (χ4v) is 10.2. The van der Waals surface area contributed by atoms with E-state index < -0.39 is 71.5 Å². The number of unbranched alkanes of at least 4 members (excludes halogenated alkanes) is 3. The molecule has 0 heterocycles. The Morgan fingerprint density at radius 3 is 0.462 bits per heavy atom. The second-order valence-electron chi connectivity index (χ2n) is 6.83. The molecule has 315 valence electrons. The minimum atomic E-state index is -5.39. The third kappa shape index (κ3) is 653. The summed E-state index contributed by atoms with van der Waals surface area (Å²) < 4.78 is 59.8. The molecule has 0 aliphatic heterocycles. The summed E-state index contributed by atoms with van der Waals surface area (Å²) in [5.41, 5.74) is 0. The topological polar surface area (TPSA) is 670 Å². The SMILES string of the molecule is CCC[CH2][Re+7]([CH2]CCC)[CH2]CCC.O=P([O-])([O-])[O-].O=P([O-])([O-])[O-].O=P([O-])([O-])[O-].O=P([O-])([O-])[O-].O=P([O-])([O-])[O-].O=P([O-])([O-])[O-].O=P([O-])([O-])[O-].[NH4+].[OH-].[Re+7].[Re+7]. The standard InChI is InChI=1S/3C4H9.H3N.7H3O4P.H2O.3Re/c3*1-3-4-2;;7*1-5(2,3)4;;;;/h3*1,3-4H2,2H3;1H3;7*(H3,1,2,3,4);1H2;;;/q;;;;;;;;;;;;3*+7/p-21. The first-order valence-electron chi connectivity index (χ1n) is 11.0. The van der Waals surface area contributed by atoms with Crippen molar-refractivity contribution in [3.05, 3.63) is 0 Å². The summed E-state index contributed by atoms with van der Waals surface area (Å²) in [4.78, 5) is 185. The molecular weight excluding hydrogens is 1400 g/mol. The molecule has 0 atom stereocenters. The quantitative estimate of drug-likeness (QED) is 0.209. The van der Waals surface area contributed by atoms with Crippen molar-refractivity contribution in [1.29, 1.82) is 0 Å². The van der Waals surface area contributed by atoms with Crippen molar-refractivity contribution >= 4 is 54.8 Å². The number of hydrogen-bond acceptors (Lipinski definition) is 29. The minimum Gasteiger partial charge on any atom is -0.870 e. The first-order chi connectivity index (χ1) is 20.3. The van der Waals surface area contributed by atoms with Crippen molar-refractivity contribution in [2.75, 3.05) is 0 Å². The van der Waals surface area contributed by atoms with Crippen LogP contribution in [0.4, 0.5) is 0 Å². The molecule has 0 unspecified atom stereocenters. The Bertz CT molecular complexity index is 773. The third-order valence-corrected chi connectivity index (χ3v) is 10.9. The molecule has 0 aromatic heterocycles. The Hall–Kier alpha value is 2.68. The molecule has 52 heavy (non-hydrogen) atoms. The van der Waals surface area contributed by atoms with Gasteiger partial charge in [-0.25, -0.2) is 0 Å². The average molecular weight is 1430 g/mol. The molecule has 0 rings (SSSR count). The van der Waals surface area contributed by atoms with Crippen LogP contribution in [-0.4, -0.2) is 5.48 Å². The monoisotopic (exact) mass is 1430 g/mol. The Kier molecular flexibility index (Phi) is 77.1. The molecule has 0 saturated heterocycles. The Labute approximate surface area is 331 Å². The van der Waals surface area contributed by atoms with Crippen LogP contribution in [0.1, 0.15) is 59.3 Å². The third-order valence-electron chi connectivity index (χ3n) is 2.26. The van der Waals surface area contributed by atoms with Gasteiger partial charge in [-0.15, -0.1) is 0 Å². The fraction of sp³-hybridized carbons (Fsp3) is 1.00. The molecule has 40 heteroatoms. The van der Waals surface area contributed by atoms with Crippen molar-refractivity contribution < 1.29 is 198 Å². The summed E-state index contributed by atoms with van der Waals surface area (Å²) in [5, 5.41) is 0. The van der Waals surface area contributed by atoms with Crippen molar-refractivity contribution in [3.8, 4) is 0 Å². The molecule has 0 aliphatic carbocycles. The minimum absolute atomic E-state index is 0. The van der Waals surface area contributed by atoms with Crippen molar-refractivity contribution in [2.45, 2.75) is 74.0 Å². The predicted octanol–water partition coefficient (Wildman–Crippen LogP) is -14.3. The van der Waals surface area contributed by atoms with Crippen LogP contribution in [0.5, 0.6) is 0 Å². The molecule has 0 aromatic rings. The normalized spacial score (nSPS) is 10.4. The Morgan fingerprint density at radius 1 is 0.327 bits per heavy atom. The van der Waals surface area contributed by atoms with E-state index in [2.05, 4.69) is 20.8 Å². The van der Waals surface area contributed by atoms with Crippen LogP contribution >= 0.6 is 54.8 Å². The van der Waals surface area contributed by atoms with E-state index in [4.69, 9.17) is 135 Å². The maximum Gasteiger partial charge on any atom is 7.00 e. The molecule has 0 aliphatic rings. The van der Waals surface area contributed by atoms with Gasteiger partial charge in [0.05, 0.1) is 0 Å². The van der Waals surface area contributed by atoms with E-state index in [9.17, 15) is 0 Å².